The van der Waals surface area contributed by atoms with Gasteiger partial charge in [-0.1, -0.05) is 35.9 Å². The van der Waals surface area contributed by atoms with Crippen molar-refractivity contribution in [1.29, 1.82) is 0 Å². The van der Waals surface area contributed by atoms with E-state index < -0.39 is 29.7 Å². The fraction of sp³-hybridized carbons (Fsp3) is 0.345. The summed E-state index contributed by atoms with van der Waals surface area (Å²) in [5, 5.41) is 3.76. The van der Waals surface area contributed by atoms with Crippen LogP contribution >= 0.6 is 11.6 Å². The number of hydrogen-bond donors (Lipinski definition) is 1. The molecule has 0 bridgehead atoms. The van der Waals surface area contributed by atoms with Crippen LogP contribution in [0.3, 0.4) is 0 Å². The van der Waals surface area contributed by atoms with Crippen molar-refractivity contribution in [3.05, 3.63) is 87.2 Å². The molecule has 0 amide bonds. The minimum Gasteiger partial charge on any atom is -0.497 e. The van der Waals surface area contributed by atoms with Crippen molar-refractivity contribution in [2.24, 2.45) is 5.92 Å². The lowest BCUT2D eigenvalue weighted by atomic mass is 9.67. The van der Waals surface area contributed by atoms with E-state index >= 15 is 0 Å². The summed E-state index contributed by atoms with van der Waals surface area (Å²) in [7, 11) is 1.57. The van der Waals surface area contributed by atoms with Gasteiger partial charge in [0, 0.05) is 33.8 Å². The van der Waals surface area contributed by atoms with E-state index in [9.17, 15) is 14.4 Å². The molecule has 0 fully saturated rings. The quantitative estimate of drug-likeness (QED) is 0.400. The first-order valence-electron chi connectivity index (χ1n) is 12.3. The summed E-state index contributed by atoms with van der Waals surface area (Å²) < 4.78 is 16.1. The summed E-state index contributed by atoms with van der Waals surface area (Å²) in [6.07, 6.45) is 0.363. The number of dihydropyridines is 1. The Balaban J connectivity index is 1.90. The molecule has 194 valence electrons. The first-order chi connectivity index (χ1) is 17.8. The number of allylic oxidation sites excluding steroid dienone is 3. The topological polar surface area (TPSA) is 90.9 Å². The van der Waals surface area contributed by atoms with Crippen molar-refractivity contribution < 1.29 is 28.6 Å². The molecule has 3 atom stereocenters. The van der Waals surface area contributed by atoms with Crippen molar-refractivity contribution in [2.75, 3.05) is 20.3 Å². The van der Waals surface area contributed by atoms with Gasteiger partial charge < -0.3 is 19.5 Å². The van der Waals surface area contributed by atoms with Crippen LogP contribution in [0.1, 0.15) is 50.2 Å². The van der Waals surface area contributed by atoms with Crippen LogP contribution in [0.15, 0.2) is 71.1 Å². The van der Waals surface area contributed by atoms with Crippen LogP contribution in [0.5, 0.6) is 5.75 Å². The molecule has 1 aliphatic carbocycles. The third-order valence-electron chi connectivity index (χ3n) is 6.76. The number of carbonyl (C=O) groups is 3. The summed E-state index contributed by atoms with van der Waals surface area (Å²) in [6.45, 7) is 5.54. The van der Waals surface area contributed by atoms with Crippen LogP contribution in [0, 0.1) is 5.92 Å². The molecule has 0 saturated carbocycles. The lowest BCUT2D eigenvalue weighted by Crippen LogP contribution is -2.43. The molecule has 2 aromatic carbocycles. The molecule has 7 nitrogen and oxygen atoms in total. The summed E-state index contributed by atoms with van der Waals surface area (Å²) in [4.78, 5) is 40.7. The number of esters is 2. The van der Waals surface area contributed by atoms with Crippen molar-refractivity contribution >= 4 is 29.3 Å². The third-order valence-corrected chi connectivity index (χ3v) is 6.99. The highest BCUT2D eigenvalue weighted by molar-refractivity contribution is 6.30. The highest BCUT2D eigenvalue weighted by Gasteiger charge is 2.49. The lowest BCUT2D eigenvalue weighted by Gasteiger charge is -2.39. The third kappa shape index (κ3) is 5.14. The Morgan fingerprint density at radius 1 is 1.03 bits per heavy atom. The van der Waals surface area contributed by atoms with Crippen LogP contribution in [-0.2, 0) is 23.9 Å². The summed E-state index contributed by atoms with van der Waals surface area (Å²) in [6, 6.07) is 14.4. The Morgan fingerprint density at radius 2 is 1.73 bits per heavy atom. The predicted molar refractivity (Wildman–Crippen MR) is 139 cm³/mol. The minimum atomic E-state index is -1.09. The Labute approximate surface area is 221 Å². The second-order valence-electron chi connectivity index (χ2n) is 8.95. The van der Waals surface area contributed by atoms with Gasteiger partial charge in [-0.25, -0.2) is 4.79 Å². The number of hydrogen-bond acceptors (Lipinski definition) is 7. The van der Waals surface area contributed by atoms with Gasteiger partial charge in [-0.05, 0) is 62.6 Å². The van der Waals surface area contributed by atoms with Gasteiger partial charge in [0.15, 0.2) is 5.78 Å². The largest absolute Gasteiger partial charge is 0.497 e. The van der Waals surface area contributed by atoms with Crippen molar-refractivity contribution in [3.63, 3.8) is 0 Å². The standard InChI is InChI=1S/C29H30ClNO6/c1-5-36-28(33)23-16(3)31-22-15-21(17-9-8-12-20(14-17)35-4)25(29(34)37-6-2)27(32)26(22)24(23)18-10-7-11-19(30)13-18/h7-14,21,24-25,31H,5-6,15H2,1-4H3/t21-,24-,25+/m0/s1. The zero-order valence-electron chi connectivity index (χ0n) is 21.3. The van der Waals surface area contributed by atoms with Crippen LogP contribution in [0.2, 0.25) is 5.02 Å². The van der Waals surface area contributed by atoms with Gasteiger partial charge in [-0.15, -0.1) is 0 Å². The van der Waals surface area contributed by atoms with Crippen LogP contribution in [0.25, 0.3) is 0 Å². The molecule has 1 N–H and O–H groups in total. The van der Waals surface area contributed by atoms with E-state index in [0.29, 0.717) is 45.3 Å². The number of Topliss-reactive ketones (excluding diaryl/α,β-unsaturated/α-hetero) is 1. The number of ketones is 1. The molecular weight excluding hydrogens is 494 g/mol. The van der Waals surface area contributed by atoms with Gasteiger partial charge in [-0.3, -0.25) is 9.59 Å². The maximum atomic E-state index is 14.3. The van der Waals surface area contributed by atoms with Crippen molar-refractivity contribution in [3.8, 4) is 5.75 Å². The maximum absolute atomic E-state index is 14.3. The van der Waals surface area contributed by atoms with E-state index in [-0.39, 0.29) is 19.0 Å². The first-order valence-corrected chi connectivity index (χ1v) is 12.7. The van der Waals surface area contributed by atoms with Crippen molar-refractivity contribution in [2.45, 2.75) is 39.0 Å². The SMILES string of the molecule is CCOC(=O)C1=C(C)NC2=C(C(=O)[C@H](C(=O)OCC)[C@H](c3cccc(OC)c3)C2)[C@H]1c1cccc(Cl)c1. The summed E-state index contributed by atoms with van der Waals surface area (Å²) >= 11 is 6.32. The second-order valence-corrected chi connectivity index (χ2v) is 9.38. The molecule has 37 heavy (non-hydrogen) atoms. The number of ether oxygens (including phenoxy) is 3. The minimum absolute atomic E-state index is 0.141. The van der Waals surface area contributed by atoms with E-state index in [0.717, 1.165) is 5.56 Å². The molecule has 8 heteroatoms. The predicted octanol–water partition coefficient (Wildman–Crippen LogP) is 5.06. The highest BCUT2D eigenvalue weighted by Crippen LogP contribution is 2.48. The normalized spacial score (nSPS) is 21.2. The first kappa shape index (κ1) is 26.5. The Bertz CT molecular complexity index is 1300. The van der Waals surface area contributed by atoms with Crippen LogP contribution in [0.4, 0.5) is 0 Å². The molecule has 0 saturated heterocycles. The number of halogens is 1. The van der Waals surface area contributed by atoms with Gasteiger partial charge in [-0.2, -0.15) is 0 Å². The number of rotatable bonds is 7. The van der Waals surface area contributed by atoms with E-state index in [1.165, 1.54) is 0 Å². The van der Waals surface area contributed by atoms with Gasteiger partial charge in [0.05, 0.1) is 25.9 Å². The van der Waals surface area contributed by atoms with E-state index in [4.69, 9.17) is 25.8 Å². The lowest BCUT2D eigenvalue weighted by molar-refractivity contribution is -0.152. The fourth-order valence-corrected chi connectivity index (χ4v) is 5.42. The van der Waals surface area contributed by atoms with Crippen LogP contribution in [-0.4, -0.2) is 38.0 Å². The van der Waals surface area contributed by atoms with Crippen molar-refractivity contribution in [1.82, 2.24) is 5.32 Å². The molecule has 0 radical (unpaired) electrons. The Morgan fingerprint density at radius 3 is 2.41 bits per heavy atom. The van der Waals surface area contributed by atoms with E-state index in [2.05, 4.69) is 5.32 Å². The molecule has 0 aromatic heterocycles. The second kappa shape index (κ2) is 11.2. The summed E-state index contributed by atoms with van der Waals surface area (Å²) in [5.41, 5.74) is 3.38. The molecule has 0 spiro atoms. The monoisotopic (exact) mass is 523 g/mol. The smallest absolute Gasteiger partial charge is 0.336 e. The highest BCUT2D eigenvalue weighted by atomic mass is 35.5. The van der Waals surface area contributed by atoms with E-state index in [1.54, 1.807) is 46.1 Å². The number of methoxy groups -OCH3 is 1. The zero-order valence-corrected chi connectivity index (χ0v) is 22.1. The van der Waals surface area contributed by atoms with E-state index in [1.807, 2.05) is 30.3 Å². The summed E-state index contributed by atoms with van der Waals surface area (Å²) in [5.74, 6) is -3.20. The molecule has 4 rings (SSSR count). The number of carbonyl (C=O) groups excluding carboxylic acids is 3. The zero-order chi connectivity index (χ0) is 26.7. The number of nitrogens with one attached hydrogen (secondary N) is 1. The van der Waals surface area contributed by atoms with Gasteiger partial charge in [0.2, 0.25) is 0 Å². The molecule has 1 aliphatic heterocycles. The molecule has 1 heterocycles. The van der Waals surface area contributed by atoms with Gasteiger partial charge in [0.1, 0.15) is 11.7 Å². The average molecular weight is 524 g/mol. The Hall–Kier alpha value is -3.58. The van der Waals surface area contributed by atoms with Crippen LogP contribution < -0.4 is 10.1 Å². The molecule has 2 aliphatic rings. The molecule has 0 unspecified atom stereocenters. The molecule has 2 aromatic rings. The Kier molecular flexibility index (Phi) is 8.03. The fourth-order valence-electron chi connectivity index (χ4n) is 5.22. The average Bonchev–Trinajstić information content (AvgIpc) is 2.88. The van der Waals surface area contributed by atoms with Gasteiger partial charge >= 0.3 is 11.9 Å². The maximum Gasteiger partial charge on any atom is 0.336 e. The number of benzene rings is 2. The molecular formula is C29H30ClNO6. The van der Waals surface area contributed by atoms with Gasteiger partial charge in [0.25, 0.3) is 0 Å².